The third kappa shape index (κ3) is 5.96. The molecule has 3 rings (SSSR count). The van der Waals surface area contributed by atoms with Gasteiger partial charge in [0, 0.05) is 23.7 Å². The van der Waals surface area contributed by atoms with Crippen molar-refractivity contribution in [2.45, 2.75) is 18.9 Å². The quantitative estimate of drug-likeness (QED) is 0.861. The second-order valence-electron chi connectivity index (χ2n) is 6.41. The monoisotopic (exact) mass is 336 g/mol. The predicted molar refractivity (Wildman–Crippen MR) is 106 cm³/mol. The highest BCUT2D eigenvalue weighted by Crippen LogP contribution is 2.11. The average molecular weight is 336 g/mol. The van der Waals surface area contributed by atoms with E-state index in [9.17, 15) is 4.79 Å². The molecule has 132 valence electrons. The standard InChI is InChI=1S/C15H12O.C7H16N2/c1-2-12-8-10-14(11-9-12)15(16)13-6-4-3-5-7-13;1-8-7-4-3-5-9(2)6-7/h2-11H,1H2;7-8H,3-6H2,1-2H3/t;7-/m.1/s1. The van der Waals surface area contributed by atoms with E-state index in [1.54, 1.807) is 6.08 Å². The molecule has 0 aliphatic carbocycles. The fraction of sp³-hybridized carbons (Fsp3) is 0.318. The molecule has 1 atom stereocenters. The van der Waals surface area contributed by atoms with Gasteiger partial charge in [-0.3, -0.25) is 4.79 Å². The van der Waals surface area contributed by atoms with Crippen LogP contribution in [-0.2, 0) is 0 Å². The van der Waals surface area contributed by atoms with Crippen molar-refractivity contribution >= 4 is 11.9 Å². The Balaban J connectivity index is 0.000000212. The Labute approximate surface area is 151 Å². The molecule has 1 heterocycles. The zero-order valence-corrected chi connectivity index (χ0v) is 15.2. The molecule has 1 fully saturated rings. The number of likely N-dealkylation sites (tertiary alicyclic amines) is 1. The molecule has 2 aromatic rings. The van der Waals surface area contributed by atoms with Crippen LogP contribution in [0.15, 0.2) is 61.2 Å². The summed E-state index contributed by atoms with van der Waals surface area (Å²) in [5, 5.41) is 3.29. The molecule has 25 heavy (non-hydrogen) atoms. The lowest BCUT2D eigenvalue weighted by atomic mass is 10.0. The van der Waals surface area contributed by atoms with Crippen molar-refractivity contribution in [3.05, 3.63) is 77.9 Å². The Hall–Kier alpha value is -2.23. The maximum absolute atomic E-state index is 12.0. The van der Waals surface area contributed by atoms with Crippen molar-refractivity contribution in [2.75, 3.05) is 27.2 Å². The van der Waals surface area contributed by atoms with Gasteiger partial charge in [0.25, 0.3) is 0 Å². The van der Waals surface area contributed by atoms with Crippen molar-refractivity contribution in [3.8, 4) is 0 Å². The first-order chi connectivity index (χ1) is 12.1. The van der Waals surface area contributed by atoms with Crippen molar-refractivity contribution in [1.29, 1.82) is 0 Å². The number of carbonyl (C=O) groups is 1. The fourth-order valence-electron chi connectivity index (χ4n) is 2.93. The average Bonchev–Trinajstić information content (AvgIpc) is 2.68. The molecule has 1 aliphatic heterocycles. The Morgan fingerprint density at radius 2 is 1.76 bits per heavy atom. The van der Waals surface area contributed by atoms with Crippen LogP contribution in [0.4, 0.5) is 0 Å². The lowest BCUT2D eigenvalue weighted by molar-refractivity contribution is 0.103. The molecule has 0 spiro atoms. The van der Waals surface area contributed by atoms with Gasteiger partial charge in [-0.15, -0.1) is 0 Å². The summed E-state index contributed by atoms with van der Waals surface area (Å²) in [4.78, 5) is 14.4. The van der Waals surface area contributed by atoms with Crippen LogP contribution in [0, 0.1) is 0 Å². The Bertz CT molecular complexity index is 664. The molecule has 0 bridgehead atoms. The molecular formula is C22H28N2O. The van der Waals surface area contributed by atoms with Crippen molar-refractivity contribution in [3.63, 3.8) is 0 Å². The van der Waals surface area contributed by atoms with Crippen molar-refractivity contribution in [1.82, 2.24) is 10.2 Å². The number of ketones is 1. The van der Waals surface area contributed by atoms with Crippen LogP contribution in [0.25, 0.3) is 6.08 Å². The van der Waals surface area contributed by atoms with Gasteiger partial charge in [-0.2, -0.15) is 0 Å². The SMILES string of the molecule is C=Cc1ccc(C(=O)c2ccccc2)cc1.CN[C@@H]1CCCN(C)C1. The van der Waals surface area contributed by atoms with Crippen LogP contribution in [0.3, 0.4) is 0 Å². The van der Waals surface area contributed by atoms with E-state index in [1.165, 1.54) is 25.9 Å². The minimum Gasteiger partial charge on any atom is -0.316 e. The third-order valence-corrected chi connectivity index (χ3v) is 4.48. The fourth-order valence-corrected chi connectivity index (χ4v) is 2.93. The first-order valence-corrected chi connectivity index (χ1v) is 8.82. The van der Waals surface area contributed by atoms with Crippen LogP contribution in [0.5, 0.6) is 0 Å². The zero-order valence-electron chi connectivity index (χ0n) is 15.2. The van der Waals surface area contributed by atoms with Gasteiger partial charge in [0.05, 0.1) is 0 Å². The summed E-state index contributed by atoms with van der Waals surface area (Å²) >= 11 is 0. The number of hydrogen-bond donors (Lipinski definition) is 1. The second-order valence-corrected chi connectivity index (χ2v) is 6.41. The van der Waals surface area contributed by atoms with Crippen LogP contribution in [-0.4, -0.2) is 43.9 Å². The highest BCUT2D eigenvalue weighted by atomic mass is 16.1. The van der Waals surface area contributed by atoms with Gasteiger partial charge in [0.2, 0.25) is 0 Å². The van der Waals surface area contributed by atoms with E-state index in [2.05, 4.69) is 23.8 Å². The Kier molecular flexibility index (Phi) is 7.58. The van der Waals surface area contributed by atoms with E-state index >= 15 is 0 Å². The van der Waals surface area contributed by atoms with Crippen LogP contribution in [0.1, 0.15) is 34.3 Å². The molecule has 1 N–H and O–H groups in total. The highest BCUT2D eigenvalue weighted by molar-refractivity contribution is 6.09. The van der Waals surface area contributed by atoms with Gasteiger partial charge >= 0.3 is 0 Å². The first kappa shape index (κ1) is 19.1. The Morgan fingerprint density at radius 1 is 1.12 bits per heavy atom. The summed E-state index contributed by atoms with van der Waals surface area (Å²) < 4.78 is 0. The summed E-state index contributed by atoms with van der Waals surface area (Å²) in [6, 6.07) is 17.5. The topological polar surface area (TPSA) is 32.3 Å². The minimum atomic E-state index is 0.0520. The lowest BCUT2D eigenvalue weighted by Crippen LogP contribution is -2.42. The summed E-state index contributed by atoms with van der Waals surface area (Å²) in [6.07, 6.45) is 4.46. The number of piperidine rings is 1. The molecule has 1 saturated heterocycles. The number of likely N-dealkylation sites (N-methyl/N-ethyl adjacent to an activating group) is 2. The maximum Gasteiger partial charge on any atom is 0.193 e. The molecule has 0 unspecified atom stereocenters. The summed E-state index contributed by atoms with van der Waals surface area (Å²) in [7, 11) is 4.23. The molecule has 0 saturated carbocycles. The molecule has 0 aromatic heterocycles. The number of hydrogen-bond acceptors (Lipinski definition) is 3. The van der Waals surface area contributed by atoms with E-state index in [4.69, 9.17) is 0 Å². The van der Waals surface area contributed by atoms with Crippen LogP contribution in [0.2, 0.25) is 0 Å². The van der Waals surface area contributed by atoms with Gasteiger partial charge in [0.1, 0.15) is 0 Å². The number of carbonyl (C=O) groups excluding carboxylic acids is 1. The normalized spacial score (nSPS) is 17.3. The number of benzene rings is 2. The van der Waals surface area contributed by atoms with Crippen molar-refractivity contribution < 1.29 is 4.79 Å². The van der Waals surface area contributed by atoms with Gasteiger partial charge in [-0.05, 0) is 39.0 Å². The molecule has 2 aromatic carbocycles. The zero-order chi connectivity index (χ0) is 18.1. The van der Waals surface area contributed by atoms with E-state index in [1.807, 2.05) is 61.6 Å². The van der Waals surface area contributed by atoms with Crippen LogP contribution < -0.4 is 5.32 Å². The van der Waals surface area contributed by atoms with E-state index in [-0.39, 0.29) is 5.78 Å². The summed E-state index contributed by atoms with van der Waals surface area (Å²) in [5.74, 6) is 0.0520. The number of nitrogens with one attached hydrogen (secondary N) is 1. The van der Waals surface area contributed by atoms with Crippen molar-refractivity contribution in [2.24, 2.45) is 0 Å². The molecular weight excluding hydrogens is 308 g/mol. The lowest BCUT2D eigenvalue weighted by Gasteiger charge is -2.29. The van der Waals surface area contributed by atoms with Crippen LogP contribution >= 0.6 is 0 Å². The van der Waals surface area contributed by atoms with Gasteiger partial charge in [0.15, 0.2) is 5.78 Å². The molecule has 0 amide bonds. The van der Waals surface area contributed by atoms with Gasteiger partial charge in [-0.25, -0.2) is 0 Å². The summed E-state index contributed by atoms with van der Waals surface area (Å²) in [5.41, 5.74) is 2.44. The maximum atomic E-state index is 12.0. The van der Waals surface area contributed by atoms with E-state index in [0.717, 1.165) is 11.6 Å². The molecule has 3 nitrogen and oxygen atoms in total. The third-order valence-electron chi connectivity index (χ3n) is 4.48. The highest BCUT2D eigenvalue weighted by Gasteiger charge is 2.13. The Morgan fingerprint density at radius 3 is 2.28 bits per heavy atom. The van der Waals surface area contributed by atoms with E-state index < -0.39 is 0 Å². The minimum absolute atomic E-state index is 0.0520. The molecule has 1 aliphatic rings. The van der Waals surface area contributed by atoms with Gasteiger partial charge < -0.3 is 10.2 Å². The largest absolute Gasteiger partial charge is 0.316 e. The van der Waals surface area contributed by atoms with Gasteiger partial charge in [-0.1, -0.05) is 67.3 Å². The number of nitrogens with zero attached hydrogens (tertiary/aromatic N) is 1. The number of rotatable bonds is 4. The van der Waals surface area contributed by atoms with E-state index in [0.29, 0.717) is 11.1 Å². The second kappa shape index (κ2) is 9.92. The summed E-state index contributed by atoms with van der Waals surface area (Å²) in [6.45, 7) is 6.17. The molecule has 0 radical (unpaired) electrons. The smallest absolute Gasteiger partial charge is 0.193 e. The molecule has 3 heteroatoms. The first-order valence-electron chi connectivity index (χ1n) is 8.82. The predicted octanol–water partition coefficient (Wildman–Crippen LogP) is 3.86.